The van der Waals surface area contributed by atoms with Crippen molar-refractivity contribution in [3.63, 3.8) is 0 Å². The van der Waals surface area contributed by atoms with Gasteiger partial charge < -0.3 is 9.80 Å². The van der Waals surface area contributed by atoms with Crippen LogP contribution < -0.4 is 9.80 Å². The third-order valence-electron chi connectivity index (χ3n) is 4.40. The molecule has 10 heteroatoms. The number of pyridine rings is 1. The Morgan fingerprint density at radius 2 is 1.85 bits per heavy atom. The van der Waals surface area contributed by atoms with Crippen LogP contribution in [0.2, 0.25) is 0 Å². The number of benzene rings is 1. The normalized spacial score (nSPS) is 14.4. The van der Waals surface area contributed by atoms with Gasteiger partial charge in [-0.15, -0.1) is 0 Å². The lowest BCUT2D eigenvalue weighted by Gasteiger charge is -2.36. The van der Waals surface area contributed by atoms with Crippen molar-refractivity contribution in [1.29, 1.82) is 5.26 Å². The number of hydrogen-bond acceptors (Lipinski definition) is 9. The fraction of sp³-hybridized carbons (Fsp3) is 0.250. The molecule has 0 spiro atoms. The second-order valence-electron chi connectivity index (χ2n) is 5.78. The molecule has 0 amide bonds. The maximum Gasteiger partial charge on any atom is 0.300 e. The molecule has 1 aliphatic rings. The Hall–Kier alpha value is -3.74. The van der Waals surface area contributed by atoms with E-state index >= 15 is 0 Å². The van der Waals surface area contributed by atoms with E-state index in [9.17, 15) is 15.4 Å². The summed E-state index contributed by atoms with van der Waals surface area (Å²) >= 11 is 0. The Kier molecular flexibility index (Phi) is 3.81. The molecule has 26 heavy (non-hydrogen) atoms. The van der Waals surface area contributed by atoms with Gasteiger partial charge in [-0.05, 0) is 28.5 Å². The molecule has 4 rings (SSSR count). The van der Waals surface area contributed by atoms with E-state index in [-0.39, 0.29) is 11.2 Å². The Labute approximate surface area is 147 Å². The lowest BCUT2D eigenvalue weighted by molar-refractivity contribution is -0.383. The fourth-order valence-corrected chi connectivity index (χ4v) is 3.14. The molecule has 0 aliphatic carbocycles. The van der Waals surface area contributed by atoms with Crippen molar-refractivity contribution in [1.82, 2.24) is 15.3 Å². The summed E-state index contributed by atoms with van der Waals surface area (Å²) < 4.78 is 4.72. The minimum atomic E-state index is -0.501. The van der Waals surface area contributed by atoms with Crippen molar-refractivity contribution in [2.45, 2.75) is 0 Å². The van der Waals surface area contributed by atoms with Gasteiger partial charge in [-0.1, -0.05) is 0 Å². The van der Waals surface area contributed by atoms with Crippen LogP contribution in [0.1, 0.15) is 5.56 Å². The summed E-state index contributed by atoms with van der Waals surface area (Å²) in [4.78, 5) is 19.0. The molecular weight excluding hydrogens is 338 g/mol. The van der Waals surface area contributed by atoms with Crippen LogP contribution in [-0.2, 0) is 0 Å². The number of nitro benzene ring substituents is 1. The first-order valence-corrected chi connectivity index (χ1v) is 7.93. The van der Waals surface area contributed by atoms with E-state index in [4.69, 9.17) is 4.63 Å². The van der Waals surface area contributed by atoms with Crippen LogP contribution in [-0.4, -0.2) is 46.4 Å². The van der Waals surface area contributed by atoms with Crippen LogP contribution in [0.3, 0.4) is 0 Å². The lowest BCUT2D eigenvalue weighted by atomic mass is 10.2. The average molecular weight is 351 g/mol. The van der Waals surface area contributed by atoms with Gasteiger partial charge in [0.15, 0.2) is 5.52 Å². The van der Waals surface area contributed by atoms with Gasteiger partial charge in [-0.3, -0.25) is 10.1 Å². The number of hydrogen-bond donors (Lipinski definition) is 0. The van der Waals surface area contributed by atoms with Crippen LogP contribution in [0, 0.1) is 21.4 Å². The first kappa shape index (κ1) is 15.8. The van der Waals surface area contributed by atoms with E-state index in [1.54, 1.807) is 24.4 Å². The number of non-ortho nitro benzene ring substituents is 1. The van der Waals surface area contributed by atoms with E-state index in [0.717, 1.165) is 5.69 Å². The molecule has 0 N–H and O–H groups in total. The maximum atomic E-state index is 11.1. The highest BCUT2D eigenvalue weighted by Crippen LogP contribution is 2.32. The Morgan fingerprint density at radius 3 is 2.58 bits per heavy atom. The highest BCUT2D eigenvalue weighted by atomic mass is 16.6. The Morgan fingerprint density at radius 1 is 1.12 bits per heavy atom. The highest BCUT2D eigenvalue weighted by Gasteiger charge is 2.25. The molecule has 130 valence electrons. The van der Waals surface area contributed by atoms with Crippen molar-refractivity contribution in [3.05, 3.63) is 46.1 Å². The molecule has 1 saturated heterocycles. The molecule has 2 aromatic heterocycles. The smallest absolute Gasteiger partial charge is 0.300 e. The molecule has 0 unspecified atom stereocenters. The number of piperazine rings is 1. The van der Waals surface area contributed by atoms with E-state index in [1.165, 1.54) is 6.07 Å². The summed E-state index contributed by atoms with van der Waals surface area (Å²) in [6.45, 7) is 2.63. The van der Waals surface area contributed by atoms with Crippen molar-refractivity contribution in [2.75, 3.05) is 36.0 Å². The molecule has 1 fully saturated rings. The van der Waals surface area contributed by atoms with Gasteiger partial charge in [0.25, 0.3) is 0 Å². The topological polar surface area (TPSA) is 125 Å². The van der Waals surface area contributed by atoms with E-state index in [1.807, 2.05) is 0 Å². The van der Waals surface area contributed by atoms with Crippen LogP contribution in [0.25, 0.3) is 11.0 Å². The molecular formula is C16H13N7O3. The summed E-state index contributed by atoms with van der Waals surface area (Å²) in [6, 6.07) is 8.73. The zero-order valence-electron chi connectivity index (χ0n) is 13.6. The zero-order valence-corrected chi connectivity index (χ0v) is 13.6. The van der Waals surface area contributed by atoms with Gasteiger partial charge in [0.05, 0.1) is 16.2 Å². The van der Waals surface area contributed by atoms with Crippen LogP contribution >= 0.6 is 0 Å². The largest absolute Gasteiger partial charge is 0.366 e. The number of fused-ring (bicyclic) bond motifs is 1. The van der Waals surface area contributed by atoms with Gasteiger partial charge in [0, 0.05) is 38.4 Å². The van der Waals surface area contributed by atoms with Crippen LogP contribution in [0.15, 0.2) is 35.1 Å². The third kappa shape index (κ3) is 2.55. The molecule has 0 saturated carbocycles. The van der Waals surface area contributed by atoms with Crippen molar-refractivity contribution in [3.8, 4) is 6.07 Å². The highest BCUT2D eigenvalue weighted by molar-refractivity contribution is 5.93. The second-order valence-corrected chi connectivity index (χ2v) is 5.78. The number of nitro groups is 1. The molecule has 0 radical (unpaired) electrons. The summed E-state index contributed by atoms with van der Waals surface area (Å²) in [5.74, 6) is 0.673. The molecule has 1 aromatic carbocycles. The van der Waals surface area contributed by atoms with Crippen LogP contribution in [0.4, 0.5) is 17.2 Å². The molecule has 0 atom stereocenters. The minimum absolute atomic E-state index is 0.129. The average Bonchev–Trinajstić information content (AvgIpc) is 3.17. The first-order valence-electron chi connectivity index (χ1n) is 7.93. The van der Waals surface area contributed by atoms with Crippen molar-refractivity contribution < 1.29 is 9.55 Å². The third-order valence-corrected chi connectivity index (χ3v) is 4.40. The zero-order chi connectivity index (χ0) is 18.1. The standard InChI is InChI=1S/C16H13N7O3/c17-10-11-2-1-5-18-16(11)22-8-6-21(7-9-22)12-3-4-13(23(24)25)15-14(12)19-26-20-15/h1-5H,6-9H2. The molecule has 1 aliphatic heterocycles. The fourth-order valence-electron chi connectivity index (χ4n) is 3.14. The molecule has 3 heterocycles. The quantitative estimate of drug-likeness (QED) is 0.512. The summed E-state index contributed by atoms with van der Waals surface area (Å²) in [5.41, 5.74) is 1.68. The Bertz CT molecular complexity index is 1020. The lowest BCUT2D eigenvalue weighted by Crippen LogP contribution is -2.47. The molecule has 3 aromatic rings. The van der Waals surface area contributed by atoms with Gasteiger partial charge in [-0.25, -0.2) is 9.61 Å². The van der Waals surface area contributed by atoms with E-state index < -0.39 is 4.92 Å². The number of anilines is 2. The second kappa shape index (κ2) is 6.29. The van der Waals surface area contributed by atoms with Gasteiger partial charge >= 0.3 is 5.69 Å². The summed E-state index contributed by atoms with van der Waals surface area (Å²) in [7, 11) is 0. The summed E-state index contributed by atoms with van der Waals surface area (Å²) in [6.07, 6.45) is 1.67. The Balaban J connectivity index is 1.59. The summed E-state index contributed by atoms with van der Waals surface area (Å²) in [5, 5.41) is 27.9. The maximum absolute atomic E-state index is 11.1. The van der Waals surface area contributed by atoms with Crippen molar-refractivity contribution >= 4 is 28.2 Å². The van der Waals surface area contributed by atoms with Gasteiger partial charge in [-0.2, -0.15) is 5.26 Å². The minimum Gasteiger partial charge on any atom is -0.366 e. The predicted molar refractivity (Wildman–Crippen MR) is 91.8 cm³/mol. The number of nitrogens with zero attached hydrogens (tertiary/aromatic N) is 7. The molecule has 0 bridgehead atoms. The first-order chi connectivity index (χ1) is 12.7. The predicted octanol–water partition coefficient (Wildman–Crippen LogP) is 1.72. The van der Waals surface area contributed by atoms with Gasteiger partial charge in [0.2, 0.25) is 5.52 Å². The molecule has 10 nitrogen and oxygen atoms in total. The number of rotatable bonds is 3. The van der Waals surface area contributed by atoms with Crippen LogP contribution in [0.5, 0.6) is 0 Å². The number of nitriles is 1. The number of aromatic nitrogens is 3. The monoisotopic (exact) mass is 351 g/mol. The van der Waals surface area contributed by atoms with E-state index in [2.05, 4.69) is 31.2 Å². The van der Waals surface area contributed by atoms with Gasteiger partial charge in [0.1, 0.15) is 11.9 Å². The van der Waals surface area contributed by atoms with E-state index in [0.29, 0.717) is 43.1 Å². The SMILES string of the molecule is N#Cc1cccnc1N1CCN(c2ccc([N+](=O)[O-])c3nonc23)CC1. The van der Waals surface area contributed by atoms with Crippen molar-refractivity contribution in [2.24, 2.45) is 0 Å².